The van der Waals surface area contributed by atoms with Crippen LogP contribution in [-0.2, 0) is 11.2 Å². The molecule has 1 aromatic carbocycles. The predicted octanol–water partition coefficient (Wildman–Crippen LogP) is 3.55. The third-order valence-electron chi connectivity index (χ3n) is 2.37. The Morgan fingerprint density at radius 3 is 2.65 bits per heavy atom. The normalized spacial score (nSPS) is 10.8. The van der Waals surface area contributed by atoms with Crippen LogP contribution in [0.3, 0.4) is 0 Å². The van der Waals surface area contributed by atoms with Crippen LogP contribution in [0.1, 0.15) is 18.9 Å². The van der Waals surface area contributed by atoms with Crippen molar-refractivity contribution in [3.05, 3.63) is 33.8 Å². The Hall–Kier alpha value is -0.280. The van der Waals surface area contributed by atoms with E-state index in [1.807, 2.05) is 18.2 Å². The fourth-order valence-corrected chi connectivity index (χ4v) is 1.75. The van der Waals surface area contributed by atoms with Crippen molar-refractivity contribution < 1.29 is 4.74 Å². The van der Waals surface area contributed by atoms with Gasteiger partial charge in [-0.15, -0.1) is 0 Å². The van der Waals surface area contributed by atoms with Crippen LogP contribution in [0.25, 0.3) is 0 Å². The first-order valence-electron chi connectivity index (χ1n) is 5.96. The Labute approximate surface area is 113 Å². The lowest BCUT2D eigenvalue weighted by Gasteiger charge is -2.06. The highest BCUT2D eigenvalue weighted by Crippen LogP contribution is 2.22. The maximum atomic E-state index is 5.93. The molecule has 0 aliphatic carbocycles. The minimum atomic E-state index is 0.597. The van der Waals surface area contributed by atoms with Gasteiger partial charge in [0.1, 0.15) is 0 Å². The number of hydrogen-bond donors (Lipinski definition) is 1. The summed E-state index contributed by atoms with van der Waals surface area (Å²) in [5.41, 5.74) is 1.15. The first kappa shape index (κ1) is 14.8. The third-order valence-corrected chi connectivity index (χ3v) is 3.11. The van der Waals surface area contributed by atoms with Gasteiger partial charge in [0, 0.05) is 6.54 Å². The van der Waals surface area contributed by atoms with Gasteiger partial charge in [0.05, 0.1) is 23.3 Å². The Morgan fingerprint density at radius 1 is 1.12 bits per heavy atom. The lowest BCUT2D eigenvalue weighted by molar-refractivity contribution is 0.139. The second-order valence-electron chi connectivity index (χ2n) is 3.86. The molecule has 0 aliphatic rings. The molecule has 0 saturated carbocycles. The SMILES string of the molecule is CCCNCCOCCc1ccc(Cl)c(Cl)c1. The zero-order valence-electron chi connectivity index (χ0n) is 10.1. The minimum Gasteiger partial charge on any atom is -0.380 e. The quantitative estimate of drug-likeness (QED) is 0.733. The van der Waals surface area contributed by atoms with Crippen LogP contribution in [0.5, 0.6) is 0 Å². The van der Waals surface area contributed by atoms with Gasteiger partial charge in [-0.2, -0.15) is 0 Å². The van der Waals surface area contributed by atoms with Crippen LogP contribution in [0.2, 0.25) is 10.0 Å². The summed E-state index contributed by atoms with van der Waals surface area (Å²) >= 11 is 11.8. The van der Waals surface area contributed by atoms with E-state index in [9.17, 15) is 0 Å². The van der Waals surface area contributed by atoms with E-state index in [-0.39, 0.29) is 0 Å². The molecular formula is C13H19Cl2NO. The van der Waals surface area contributed by atoms with E-state index in [0.717, 1.165) is 38.1 Å². The van der Waals surface area contributed by atoms with E-state index in [1.165, 1.54) is 0 Å². The van der Waals surface area contributed by atoms with Gasteiger partial charge in [0.2, 0.25) is 0 Å². The highest BCUT2D eigenvalue weighted by Gasteiger charge is 1.99. The van der Waals surface area contributed by atoms with E-state index in [0.29, 0.717) is 16.7 Å². The molecule has 0 bridgehead atoms. The van der Waals surface area contributed by atoms with Crippen molar-refractivity contribution in [1.82, 2.24) is 5.32 Å². The van der Waals surface area contributed by atoms with E-state index in [2.05, 4.69) is 12.2 Å². The first-order chi connectivity index (χ1) is 8.24. The third kappa shape index (κ3) is 6.27. The van der Waals surface area contributed by atoms with Crippen molar-refractivity contribution in [3.8, 4) is 0 Å². The van der Waals surface area contributed by atoms with E-state index < -0.39 is 0 Å². The van der Waals surface area contributed by atoms with Crippen molar-refractivity contribution in [2.45, 2.75) is 19.8 Å². The van der Waals surface area contributed by atoms with Crippen LogP contribution in [0.15, 0.2) is 18.2 Å². The summed E-state index contributed by atoms with van der Waals surface area (Å²) in [6, 6.07) is 5.69. The maximum Gasteiger partial charge on any atom is 0.0595 e. The summed E-state index contributed by atoms with van der Waals surface area (Å²) in [6.07, 6.45) is 2.02. The molecule has 96 valence electrons. The van der Waals surface area contributed by atoms with Crippen LogP contribution < -0.4 is 5.32 Å². The summed E-state index contributed by atoms with van der Waals surface area (Å²) in [6.45, 7) is 5.58. The molecule has 0 aromatic heterocycles. The second-order valence-corrected chi connectivity index (χ2v) is 4.68. The van der Waals surface area contributed by atoms with Gasteiger partial charge in [-0.25, -0.2) is 0 Å². The molecule has 1 N–H and O–H groups in total. The van der Waals surface area contributed by atoms with Gasteiger partial charge in [-0.1, -0.05) is 36.2 Å². The number of nitrogens with one attached hydrogen (secondary N) is 1. The summed E-state index contributed by atoms with van der Waals surface area (Å²) in [5, 5.41) is 4.49. The topological polar surface area (TPSA) is 21.3 Å². The van der Waals surface area contributed by atoms with Crippen molar-refractivity contribution in [2.75, 3.05) is 26.3 Å². The molecular weight excluding hydrogens is 257 g/mol. The minimum absolute atomic E-state index is 0.597. The van der Waals surface area contributed by atoms with Crippen molar-refractivity contribution in [1.29, 1.82) is 0 Å². The lowest BCUT2D eigenvalue weighted by Crippen LogP contribution is -2.20. The van der Waals surface area contributed by atoms with Crippen molar-refractivity contribution >= 4 is 23.2 Å². The van der Waals surface area contributed by atoms with E-state index in [4.69, 9.17) is 27.9 Å². The summed E-state index contributed by atoms with van der Waals surface area (Å²) in [7, 11) is 0. The van der Waals surface area contributed by atoms with Crippen molar-refractivity contribution in [3.63, 3.8) is 0 Å². The van der Waals surface area contributed by atoms with Gasteiger partial charge in [-0.3, -0.25) is 0 Å². The molecule has 0 fully saturated rings. The Bertz CT molecular complexity index is 331. The number of hydrogen-bond acceptors (Lipinski definition) is 2. The second kappa shape index (κ2) is 8.76. The van der Waals surface area contributed by atoms with Crippen LogP contribution in [0.4, 0.5) is 0 Å². The van der Waals surface area contributed by atoms with Gasteiger partial charge >= 0.3 is 0 Å². The highest BCUT2D eigenvalue weighted by atomic mass is 35.5. The van der Waals surface area contributed by atoms with Gasteiger partial charge < -0.3 is 10.1 Å². The molecule has 17 heavy (non-hydrogen) atoms. The molecule has 4 heteroatoms. The Kier molecular flexibility index (Phi) is 7.62. The monoisotopic (exact) mass is 275 g/mol. The zero-order valence-corrected chi connectivity index (χ0v) is 11.7. The summed E-state index contributed by atoms with van der Waals surface area (Å²) in [4.78, 5) is 0. The number of halogens is 2. The molecule has 0 atom stereocenters. The molecule has 0 saturated heterocycles. The Balaban J connectivity index is 2.11. The first-order valence-corrected chi connectivity index (χ1v) is 6.72. The molecule has 0 unspecified atom stereocenters. The smallest absolute Gasteiger partial charge is 0.0595 e. The van der Waals surface area contributed by atoms with E-state index >= 15 is 0 Å². The molecule has 2 nitrogen and oxygen atoms in total. The fraction of sp³-hybridized carbons (Fsp3) is 0.538. The van der Waals surface area contributed by atoms with Crippen LogP contribution >= 0.6 is 23.2 Å². The number of benzene rings is 1. The molecule has 1 rings (SSSR count). The average Bonchev–Trinajstić information content (AvgIpc) is 2.32. The molecule has 0 aliphatic heterocycles. The number of rotatable bonds is 8. The van der Waals surface area contributed by atoms with E-state index in [1.54, 1.807) is 0 Å². The van der Waals surface area contributed by atoms with Gasteiger partial charge in [0.15, 0.2) is 0 Å². The van der Waals surface area contributed by atoms with Gasteiger partial charge in [0.25, 0.3) is 0 Å². The molecule has 0 spiro atoms. The zero-order chi connectivity index (χ0) is 12.5. The average molecular weight is 276 g/mol. The molecule has 0 heterocycles. The summed E-state index contributed by atoms with van der Waals surface area (Å²) in [5.74, 6) is 0. The standard InChI is InChI=1S/C13H19Cl2NO/c1-2-6-16-7-9-17-8-5-11-3-4-12(14)13(15)10-11/h3-4,10,16H,2,5-9H2,1H3. The predicted molar refractivity (Wildman–Crippen MR) is 74.1 cm³/mol. The van der Waals surface area contributed by atoms with Crippen molar-refractivity contribution in [2.24, 2.45) is 0 Å². The fourth-order valence-electron chi connectivity index (χ4n) is 1.43. The van der Waals surface area contributed by atoms with Gasteiger partial charge in [-0.05, 0) is 37.1 Å². The molecule has 0 radical (unpaired) electrons. The highest BCUT2D eigenvalue weighted by molar-refractivity contribution is 6.42. The van der Waals surface area contributed by atoms with Crippen LogP contribution in [-0.4, -0.2) is 26.3 Å². The molecule has 1 aromatic rings. The Morgan fingerprint density at radius 2 is 1.94 bits per heavy atom. The maximum absolute atomic E-state index is 5.93. The number of ether oxygens (including phenoxy) is 1. The van der Waals surface area contributed by atoms with Crippen LogP contribution in [0, 0.1) is 0 Å². The summed E-state index contributed by atoms with van der Waals surface area (Å²) < 4.78 is 5.52. The lowest BCUT2D eigenvalue weighted by atomic mass is 10.2. The molecule has 0 amide bonds. The largest absolute Gasteiger partial charge is 0.380 e.